The first kappa shape index (κ1) is 20.3. The average molecular weight is 413 g/mol. The maximum absolute atomic E-state index is 14.3. The standard InChI is InChI=1S/C19H19F4N3OS/c1-4-25(5-2)17-11(3)28-18-24-13(10-15(27)26(17)18)9-12-7-6-8-14(16(12)20)19(21,22)23/h6-8,10H,4-5,9H2,1-3H3. The molecule has 0 aliphatic rings. The van der Waals surface area contributed by atoms with Crippen molar-refractivity contribution in [1.82, 2.24) is 9.38 Å². The van der Waals surface area contributed by atoms with E-state index in [9.17, 15) is 22.4 Å². The van der Waals surface area contributed by atoms with Gasteiger partial charge >= 0.3 is 6.18 Å². The van der Waals surface area contributed by atoms with Gasteiger partial charge in [-0.1, -0.05) is 23.5 Å². The summed E-state index contributed by atoms with van der Waals surface area (Å²) in [6, 6.07) is 4.38. The zero-order chi connectivity index (χ0) is 20.6. The Balaban J connectivity index is 2.07. The molecule has 0 amide bonds. The molecule has 0 spiro atoms. The van der Waals surface area contributed by atoms with Crippen molar-refractivity contribution in [3.8, 4) is 0 Å². The lowest BCUT2D eigenvalue weighted by atomic mass is 10.0. The van der Waals surface area contributed by atoms with Crippen molar-refractivity contribution in [2.45, 2.75) is 33.4 Å². The molecule has 0 radical (unpaired) electrons. The van der Waals surface area contributed by atoms with E-state index in [1.165, 1.54) is 27.9 Å². The zero-order valence-corrected chi connectivity index (χ0v) is 16.4. The summed E-state index contributed by atoms with van der Waals surface area (Å²) in [6.07, 6.45) is -4.97. The van der Waals surface area contributed by atoms with Gasteiger partial charge in [0, 0.05) is 30.5 Å². The SMILES string of the molecule is CCN(CC)c1c(C)sc2nc(Cc3cccc(C(F)(F)F)c3F)cc(=O)n12. The van der Waals surface area contributed by atoms with Crippen LogP contribution in [0.5, 0.6) is 0 Å². The average Bonchev–Trinajstić information content (AvgIpc) is 2.94. The summed E-state index contributed by atoms with van der Waals surface area (Å²) in [5.74, 6) is -0.567. The molecule has 28 heavy (non-hydrogen) atoms. The summed E-state index contributed by atoms with van der Waals surface area (Å²) in [7, 11) is 0. The first-order chi connectivity index (χ1) is 13.2. The molecule has 0 aliphatic carbocycles. The topological polar surface area (TPSA) is 37.6 Å². The third-order valence-electron chi connectivity index (χ3n) is 4.53. The number of rotatable bonds is 5. The molecule has 2 aromatic heterocycles. The Kier molecular flexibility index (Phi) is 5.47. The molecule has 4 nitrogen and oxygen atoms in total. The molecule has 1 aromatic carbocycles. The number of alkyl halides is 3. The number of halogens is 4. The predicted molar refractivity (Wildman–Crippen MR) is 102 cm³/mol. The number of aromatic nitrogens is 2. The van der Waals surface area contributed by atoms with Gasteiger partial charge in [0.2, 0.25) is 0 Å². The van der Waals surface area contributed by atoms with Gasteiger partial charge in [0.1, 0.15) is 11.6 Å². The lowest BCUT2D eigenvalue weighted by molar-refractivity contribution is -0.140. The molecular formula is C19H19F4N3OS. The van der Waals surface area contributed by atoms with Gasteiger partial charge in [-0.25, -0.2) is 13.8 Å². The van der Waals surface area contributed by atoms with E-state index in [1.807, 2.05) is 25.7 Å². The maximum atomic E-state index is 14.3. The number of hydrogen-bond donors (Lipinski definition) is 0. The van der Waals surface area contributed by atoms with Crippen molar-refractivity contribution in [1.29, 1.82) is 0 Å². The fraction of sp³-hybridized carbons (Fsp3) is 0.368. The van der Waals surface area contributed by atoms with E-state index in [1.54, 1.807) is 0 Å². The Morgan fingerprint density at radius 1 is 1.21 bits per heavy atom. The van der Waals surface area contributed by atoms with Crippen molar-refractivity contribution in [3.05, 3.63) is 62.1 Å². The number of fused-ring (bicyclic) bond motifs is 1. The summed E-state index contributed by atoms with van der Waals surface area (Å²) in [5.41, 5.74) is -1.57. The van der Waals surface area contributed by atoms with Gasteiger partial charge in [-0.05, 0) is 32.4 Å². The molecule has 0 saturated carbocycles. The molecule has 3 aromatic rings. The van der Waals surface area contributed by atoms with E-state index in [2.05, 4.69) is 4.98 Å². The Morgan fingerprint density at radius 2 is 1.89 bits per heavy atom. The monoisotopic (exact) mass is 413 g/mol. The van der Waals surface area contributed by atoms with Crippen molar-refractivity contribution in [2.75, 3.05) is 18.0 Å². The van der Waals surface area contributed by atoms with Crippen LogP contribution in [0.1, 0.15) is 35.5 Å². The van der Waals surface area contributed by atoms with Crippen molar-refractivity contribution >= 4 is 22.1 Å². The highest BCUT2D eigenvalue weighted by Crippen LogP contribution is 2.33. The van der Waals surface area contributed by atoms with Crippen LogP contribution in [0.15, 0.2) is 29.1 Å². The molecule has 150 valence electrons. The molecule has 0 aliphatic heterocycles. The molecule has 0 atom stereocenters. The van der Waals surface area contributed by atoms with Crippen molar-refractivity contribution < 1.29 is 17.6 Å². The van der Waals surface area contributed by atoms with Crippen LogP contribution in [0.2, 0.25) is 0 Å². The highest BCUT2D eigenvalue weighted by molar-refractivity contribution is 7.17. The molecule has 0 N–H and O–H groups in total. The Bertz CT molecular complexity index is 1070. The van der Waals surface area contributed by atoms with Crippen LogP contribution in [0, 0.1) is 12.7 Å². The van der Waals surface area contributed by atoms with Crippen LogP contribution < -0.4 is 10.5 Å². The lowest BCUT2D eigenvalue weighted by Crippen LogP contribution is -2.27. The molecule has 0 fully saturated rings. The smallest absolute Gasteiger partial charge is 0.357 e. The minimum absolute atomic E-state index is 0.150. The third kappa shape index (κ3) is 3.63. The summed E-state index contributed by atoms with van der Waals surface area (Å²) >= 11 is 1.32. The summed E-state index contributed by atoms with van der Waals surface area (Å²) in [6.45, 7) is 7.28. The van der Waals surface area contributed by atoms with E-state index in [-0.39, 0.29) is 23.2 Å². The molecular weight excluding hydrogens is 394 g/mol. The summed E-state index contributed by atoms with van der Waals surface area (Å²) in [4.78, 5) is 20.5. The van der Waals surface area contributed by atoms with Crippen LogP contribution in [0.25, 0.3) is 4.96 Å². The normalized spacial score (nSPS) is 12.0. The third-order valence-corrected chi connectivity index (χ3v) is 5.48. The zero-order valence-electron chi connectivity index (χ0n) is 15.6. The van der Waals surface area contributed by atoms with E-state index in [0.29, 0.717) is 24.1 Å². The fourth-order valence-electron chi connectivity index (χ4n) is 3.22. The largest absolute Gasteiger partial charge is 0.419 e. The number of nitrogens with zero attached hydrogens (tertiary/aromatic N) is 3. The van der Waals surface area contributed by atoms with Gasteiger partial charge in [0.25, 0.3) is 5.56 Å². The maximum Gasteiger partial charge on any atom is 0.419 e. The molecule has 3 rings (SSSR count). The Hall–Kier alpha value is -2.42. The molecule has 2 heterocycles. The quantitative estimate of drug-likeness (QED) is 0.571. The summed E-state index contributed by atoms with van der Waals surface area (Å²) < 4.78 is 54.6. The van der Waals surface area contributed by atoms with E-state index < -0.39 is 17.6 Å². The van der Waals surface area contributed by atoms with Crippen molar-refractivity contribution in [3.63, 3.8) is 0 Å². The second-order valence-electron chi connectivity index (χ2n) is 6.31. The van der Waals surface area contributed by atoms with E-state index >= 15 is 0 Å². The number of thiazole rings is 1. The number of aryl methyl sites for hydroxylation is 1. The number of anilines is 1. The lowest BCUT2D eigenvalue weighted by Gasteiger charge is -2.21. The van der Waals surface area contributed by atoms with Gasteiger partial charge in [-0.2, -0.15) is 13.2 Å². The van der Waals surface area contributed by atoms with Crippen LogP contribution in [0.3, 0.4) is 0 Å². The minimum atomic E-state index is -4.78. The Morgan fingerprint density at radius 3 is 2.50 bits per heavy atom. The van der Waals surface area contributed by atoms with Crippen LogP contribution >= 0.6 is 11.3 Å². The first-order valence-corrected chi connectivity index (χ1v) is 9.60. The van der Waals surface area contributed by atoms with Crippen LogP contribution in [0.4, 0.5) is 23.4 Å². The van der Waals surface area contributed by atoms with Gasteiger partial charge in [-0.15, -0.1) is 0 Å². The van der Waals surface area contributed by atoms with E-state index in [0.717, 1.165) is 16.8 Å². The van der Waals surface area contributed by atoms with E-state index in [4.69, 9.17) is 0 Å². The molecule has 0 bridgehead atoms. The van der Waals surface area contributed by atoms with Crippen LogP contribution in [-0.2, 0) is 12.6 Å². The first-order valence-electron chi connectivity index (χ1n) is 8.79. The second-order valence-corrected chi connectivity index (χ2v) is 7.49. The number of benzene rings is 1. The van der Waals surface area contributed by atoms with Gasteiger partial charge in [-0.3, -0.25) is 4.79 Å². The predicted octanol–water partition coefficient (Wildman–Crippen LogP) is 4.66. The van der Waals surface area contributed by atoms with Gasteiger partial charge < -0.3 is 4.90 Å². The highest BCUT2D eigenvalue weighted by Gasteiger charge is 2.34. The minimum Gasteiger partial charge on any atom is -0.357 e. The number of hydrogen-bond acceptors (Lipinski definition) is 4. The highest BCUT2D eigenvalue weighted by atomic mass is 32.1. The second kappa shape index (κ2) is 7.54. The van der Waals surface area contributed by atoms with Crippen LogP contribution in [-0.4, -0.2) is 22.5 Å². The fourth-order valence-corrected chi connectivity index (χ4v) is 4.23. The Labute approximate surface area is 163 Å². The molecule has 0 saturated heterocycles. The molecule has 9 heteroatoms. The summed E-state index contributed by atoms with van der Waals surface area (Å²) in [5, 5.41) is 0. The molecule has 0 unspecified atom stereocenters. The van der Waals surface area contributed by atoms with Gasteiger partial charge in [0.15, 0.2) is 4.96 Å². The van der Waals surface area contributed by atoms with Gasteiger partial charge in [0.05, 0.1) is 11.3 Å². The van der Waals surface area contributed by atoms with Crippen molar-refractivity contribution in [2.24, 2.45) is 0 Å².